The van der Waals surface area contributed by atoms with Gasteiger partial charge in [0.15, 0.2) is 16.7 Å². The Balaban J connectivity index is 1.58. The van der Waals surface area contributed by atoms with Crippen LogP contribution >= 0.6 is 11.8 Å². The van der Waals surface area contributed by atoms with Crippen molar-refractivity contribution in [2.45, 2.75) is 18.1 Å². The lowest BCUT2D eigenvalue weighted by molar-refractivity contribution is -0.385. The Hall–Kier alpha value is -3.93. The summed E-state index contributed by atoms with van der Waals surface area (Å²) in [6.07, 6.45) is 0. The van der Waals surface area contributed by atoms with Gasteiger partial charge in [-0.05, 0) is 31.2 Å². The lowest BCUT2D eigenvalue weighted by Gasteiger charge is -2.13. The maximum Gasteiger partial charge on any atom is 0.312 e. The zero-order valence-corrected chi connectivity index (χ0v) is 18.0. The molecule has 0 bridgehead atoms. The summed E-state index contributed by atoms with van der Waals surface area (Å²) in [5.41, 5.74) is 0.221. The van der Waals surface area contributed by atoms with Crippen LogP contribution in [0.4, 0.5) is 11.4 Å². The van der Waals surface area contributed by atoms with Gasteiger partial charge in [0.1, 0.15) is 0 Å². The van der Waals surface area contributed by atoms with Crippen LogP contribution in [0.25, 0.3) is 0 Å². The smallest absolute Gasteiger partial charge is 0.312 e. The van der Waals surface area contributed by atoms with Crippen molar-refractivity contribution < 1.29 is 19.6 Å². The van der Waals surface area contributed by atoms with Gasteiger partial charge in [-0.1, -0.05) is 30.0 Å². The molecule has 0 spiro atoms. The van der Waals surface area contributed by atoms with E-state index in [4.69, 9.17) is 0 Å². The number of phenols is 1. The second-order valence-corrected chi connectivity index (χ2v) is 7.70. The second kappa shape index (κ2) is 9.92. The van der Waals surface area contributed by atoms with Gasteiger partial charge in [0, 0.05) is 24.4 Å². The molecule has 11 nitrogen and oxygen atoms in total. The number of nitro groups is 1. The van der Waals surface area contributed by atoms with Gasteiger partial charge < -0.3 is 20.3 Å². The second-order valence-electron chi connectivity index (χ2n) is 6.76. The number of carbonyl (C=O) groups is 2. The van der Waals surface area contributed by atoms with E-state index in [1.807, 2.05) is 6.07 Å². The Labute approximate surface area is 187 Å². The van der Waals surface area contributed by atoms with E-state index in [0.29, 0.717) is 16.5 Å². The number of aromatic hydroxyl groups is 1. The first-order chi connectivity index (χ1) is 15.3. The Morgan fingerprint density at radius 2 is 1.94 bits per heavy atom. The van der Waals surface area contributed by atoms with E-state index in [-0.39, 0.29) is 17.3 Å². The fourth-order valence-corrected chi connectivity index (χ4v) is 3.56. The normalized spacial score (nSPS) is 11.6. The molecule has 1 heterocycles. The Kier molecular flexibility index (Phi) is 7.05. The SMILES string of the molecule is C[C@H](NC(=O)c1ccccc1)c1nnc(SCC(=O)Nc2ccc(O)c([N+](=O)[O-])c2)n1C. The molecule has 0 aliphatic heterocycles. The molecule has 0 aliphatic rings. The summed E-state index contributed by atoms with van der Waals surface area (Å²) >= 11 is 1.12. The van der Waals surface area contributed by atoms with Crippen LogP contribution in [0.15, 0.2) is 53.7 Å². The number of aromatic nitrogens is 3. The minimum atomic E-state index is -0.738. The van der Waals surface area contributed by atoms with Crippen molar-refractivity contribution in [1.29, 1.82) is 0 Å². The Bertz CT molecular complexity index is 1150. The number of nitrogens with one attached hydrogen (secondary N) is 2. The molecule has 12 heteroatoms. The molecule has 2 aromatic carbocycles. The summed E-state index contributed by atoms with van der Waals surface area (Å²) in [7, 11) is 1.73. The molecule has 1 atom stereocenters. The van der Waals surface area contributed by atoms with Gasteiger partial charge >= 0.3 is 5.69 Å². The molecule has 3 N–H and O–H groups in total. The highest BCUT2D eigenvalue weighted by Crippen LogP contribution is 2.28. The van der Waals surface area contributed by atoms with Gasteiger partial charge in [-0.15, -0.1) is 10.2 Å². The summed E-state index contributed by atoms with van der Waals surface area (Å²) < 4.78 is 1.68. The molecule has 3 aromatic rings. The van der Waals surface area contributed by atoms with E-state index in [1.54, 1.807) is 42.8 Å². The van der Waals surface area contributed by atoms with Crippen LogP contribution in [0.3, 0.4) is 0 Å². The number of anilines is 1. The van der Waals surface area contributed by atoms with Crippen LogP contribution in [0.5, 0.6) is 5.75 Å². The maximum absolute atomic E-state index is 12.3. The van der Waals surface area contributed by atoms with Gasteiger partial charge in [-0.3, -0.25) is 19.7 Å². The van der Waals surface area contributed by atoms with Crippen molar-refractivity contribution in [1.82, 2.24) is 20.1 Å². The standard InChI is InChI=1S/C20H20N6O5S/c1-12(21-19(29)13-6-4-3-5-7-13)18-23-24-20(25(18)2)32-11-17(28)22-14-8-9-16(27)15(10-14)26(30)31/h3-10,12,27H,11H2,1-2H3,(H,21,29)(H,22,28)/t12-/m0/s1. The van der Waals surface area contributed by atoms with Crippen LogP contribution in [0.2, 0.25) is 0 Å². The van der Waals surface area contributed by atoms with Gasteiger partial charge in [-0.25, -0.2) is 0 Å². The van der Waals surface area contributed by atoms with E-state index in [0.717, 1.165) is 23.9 Å². The number of amides is 2. The molecular weight excluding hydrogens is 436 g/mol. The van der Waals surface area contributed by atoms with Crippen LogP contribution in [0, 0.1) is 10.1 Å². The summed E-state index contributed by atoms with van der Waals surface area (Å²) in [6.45, 7) is 1.78. The Morgan fingerprint density at radius 1 is 1.22 bits per heavy atom. The molecule has 0 saturated carbocycles. The van der Waals surface area contributed by atoms with E-state index < -0.39 is 28.3 Å². The molecule has 2 amide bonds. The summed E-state index contributed by atoms with van der Waals surface area (Å²) in [6, 6.07) is 12.0. The molecule has 166 valence electrons. The topological polar surface area (TPSA) is 152 Å². The van der Waals surface area contributed by atoms with Crippen molar-refractivity contribution in [2.24, 2.45) is 7.05 Å². The largest absolute Gasteiger partial charge is 0.502 e. The highest BCUT2D eigenvalue weighted by Gasteiger charge is 2.19. The molecule has 0 radical (unpaired) electrons. The van der Waals surface area contributed by atoms with E-state index >= 15 is 0 Å². The van der Waals surface area contributed by atoms with Crippen molar-refractivity contribution >= 4 is 35.0 Å². The van der Waals surface area contributed by atoms with Crippen molar-refractivity contribution in [2.75, 3.05) is 11.1 Å². The zero-order valence-electron chi connectivity index (χ0n) is 17.2. The van der Waals surface area contributed by atoms with Crippen LogP contribution in [-0.4, -0.2) is 42.4 Å². The highest BCUT2D eigenvalue weighted by molar-refractivity contribution is 7.99. The molecular formula is C20H20N6O5S. The summed E-state index contributed by atoms with van der Waals surface area (Å²) in [4.78, 5) is 34.7. The van der Waals surface area contributed by atoms with E-state index in [9.17, 15) is 24.8 Å². The van der Waals surface area contributed by atoms with Gasteiger partial charge in [0.2, 0.25) is 5.91 Å². The van der Waals surface area contributed by atoms with Crippen molar-refractivity contribution in [3.05, 3.63) is 70.0 Å². The Morgan fingerprint density at radius 3 is 2.62 bits per heavy atom. The third-order valence-electron chi connectivity index (χ3n) is 4.43. The van der Waals surface area contributed by atoms with Gasteiger partial charge in [0.25, 0.3) is 5.91 Å². The van der Waals surface area contributed by atoms with Crippen molar-refractivity contribution in [3.63, 3.8) is 0 Å². The summed E-state index contributed by atoms with van der Waals surface area (Å²) in [5, 5.41) is 34.4. The molecule has 0 unspecified atom stereocenters. The zero-order chi connectivity index (χ0) is 23.3. The third kappa shape index (κ3) is 5.40. The number of thioether (sulfide) groups is 1. The number of benzene rings is 2. The molecule has 32 heavy (non-hydrogen) atoms. The van der Waals surface area contributed by atoms with E-state index in [1.165, 1.54) is 6.07 Å². The molecule has 1 aromatic heterocycles. The first-order valence-corrected chi connectivity index (χ1v) is 10.4. The van der Waals surface area contributed by atoms with Crippen LogP contribution < -0.4 is 10.6 Å². The number of nitrogens with zero attached hydrogens (tertiary/aromatic N) is 4. The number of carbonyl (C=O) groups excluding carboxylic acids is 2. The van der Waals surface area contributed by atoms with Gasteiger partial charge in [-0.2, -0.15) is 0 Å². The van der Waals surface area contributed by atoms with Crippen LogP contribution in [-0.2, 0) is 11.8 Å². The average molecular weight is 456 g/mol. The van der Waals surface area contributed by atoms with Gasteiger partial charge in [0.05, 0.1) is 16.7 Å². The quantitative estimate of drug-likeness (QED) is 0.202. The van der Waals surface area contributed by atoms with Crippen molar-refractivity contribution in [3.8, 4) is 5.75 Å². The molecule has 3 rings (SSSR count). The third-order valence-corrected chi connectivity index (χ3v) is 5.45. The first kappa shape index (κ1) is 22.7. The minimum Gasteiger partial charge on any atom is -0.502 e. The number of hydrogen-bond acceptors (Lipinski definition) is 8. The van der Waals surface area contributed by atoms with E-state index in [2.05, 4.69) is 20.8 Å². The molecule has 0 fully saturated rings. The fourth-order valence-electron chi connectivity index (χ4n) is 2.84. The monoisotopic (exact) mass is 456 g/mol. The highest BCUT2D eigenvalue weighted by atomic mass is 32.2. The maximum atomic E-state index is 12.3. The lowest BCUT2D eigenvalue weighted by atomic mass is 10.2. The fraction of sp³-hybridized carbons (Fsp3) is 0.200. The number of nitro benzene ring substituents is 1. The predicted molar refractivity (Wildman–Crippen MR) is 117 cm³/mol. The first-order valence-electron chi connectivity index (χ1n) is 9.41. The number of phenolic OH excluding ortho intramolecular Hbond substituents is 1. The molecule has 0 aliphatic carbocycles. The average Bonchev–Trinajstić information content (AvgIpc) is 3.14. The number of rotatable bonds is 8. The number of hydrogen-bond donors (Lipinski definition) is 3. The summed E-state index contributed by atoms with van der Waals surface area (Å²) in [5.74, 6) is -0.637. The predicted octanol–water partition coefficient (Wildman–Crippen LogP) is 2.65. The lowest BCUT2D eigenvalue weighted by Crippen LogP contribution is -2.28. The minimum absolute atomic E-state index is 0.0224. The molecule has 0 saturated heterocycles. The van der Waals surface area contributed by atoms with Crippen LogP contribution in [0.1, 0.15) is 29.1 Å².